The molecular formula is C13H19N5. The van der Waals surface area contributed by atoms with Gasteiger partial charge in [-0.2, -0.15) is 9.61 Å². The first-order chi connectivity index (χ1) is 8.61. The van der Waals surface area contributed by atoms with Crippen molar-refractivity contribution in [2.24, 2.45) is 11.1 Å². The third-order valence-corrected chi connectivity index (χ3v) is 3.88. The molecule has 1 aliphatic rings. The largest absolute Gasteiger partial charge is 0.356 e. The standard InChI is InChI=1S/C13H19N5/c1-10-5-11-15-9-16-18(11)12(6-10)17-4-3-13(2,7-14)8-17/h5-6,9H,3-4,7-8,14H2,1-2H3. The molecule has 5 heteroatoms. The summed E-state index contributed by atoms with van der Waals surface area (Å²) < 4.78 is 1.91. The van der Waals surface area contributed by atoms with Crippen molar-refractivity contribution in [1.29, 1.82) is 0 Å². The smallest absolute Gasteiger partial charge is 0.157 e. The van der Waals surface area contributed by atoms with Crippen molar-refractivity contribution in [3.8, 4) is 0 Å². The Labute approximate surface area is 107 Å². The summed E-state index contributed by atoms with van der Waals surface area (Å²) >= 11 is 0. The highest BCUT2D eigenvalue weighted by atomic mass is 15.4. The number of hydrogen-bond acceptors (Lipinski definition) is 4. The topological polar surface area (TPSA) is 59.5 Å². The molecule has 96 valence electrons. The maximum Gasteiger partial charge on any atom is 0.157 e. The molecule has 1 saturated heterocycles. The molecule has 0 aromatic carbocycles. The maximum atomic E-state index is 5.87. The first-order valence-electron chi connectivity index (χ1n) is 6.37. The van der Waals surface area contributed by atoms with Crippen molar-refractivity contribution in [3.63, 3.8) is 0 Å². The van der Waals surface area contributed by atoms with Gasteiger partial charge in [-0.25, -0.2) is 4.98 Å². The summed E-state index contributed by atoms with van der Waals surface area (Å²) in [5, 5.41) is 4.31. The van der Waals surface area contributed by atoms with Crippen molar-refractivity contribution in [2.75, 3.05) is 24.5 Å². The lowest BCUT2D eigenvalue weighted by atomic mass is 9.90. The van der Waals surface area contributed by atoms with Crippen LogP contribution < -0.4 is 10.6 Å². The molecule has 2 N–H and O–H groups in total. The van der Waals surface area contributed by atoms with Crippen LogP contribution in [0, 0.1) is 12.3 Å². The van der Waals surface area contributed by atoms with Crippen LogP contribution in [-0.2, 0) is 0 Å². The van der Waals surface area contributed by atoms with Crippen LogP contribution in [0.1, 0.15) is 18.9 Å². The van der Waals surface area contributed by atoms with Crippen molar-refractivity contribution < 1.29 is 0 Å². The number of fused-ring (bicyclic) bond motifs is 1. The minimum atomic E-state index is 0.219. The zero-order valence-electron chi connectivity index (χ0n) is 10.9. The molecule has 1 aliphatic heterocycles. The van der Waals surface area contributed by atoms with Crippen LogP contribution in [-0.4, -0.2) is 34.2 Å². The third kappa shape index (κ3) is 1.75. The van der Waals surface area contributed by atoms with Gasteiger partial charge in [-0.15, -0.1) is 0 Å². The van der Waals surface area contributed by atoms with Gasteiger partial charge in [-0.05, 0) is 43.0 Å². The Kier molecular flexibility index (Phi) is 2.52. The molecule has 1 fully saturated rings. The molecule has 2 aromatic rings. The molecule has 0 spiro atoms. The zero-order valence-corrected chi connectivity index (χ0v) is 10.9. The summed E-state index contributed by atoms with van der Waals surface area (Å²) in [6.07, 6.45) is 2.74. The SMILES string of the molecule is Cc1cc(N2CCC(C)(CN)C2)n2ncnc2c1. The highest BCUT2D eigenvalue weighted by Gasteiger charge is 2.33. The second kappa shape index (κ2) is 3.95. The van der Waals surface area contributed by atoms with Crippen LogP contribution in [0.15, 0.2) is 18.5 Å². The Hall–Kier alpha value is -1.62. The Morgan fingerprint density at radius 3 is 3.00 bits per heavy atom. The maximum absolute atomic E-state index is 5.87. The fourth-order valence-electron chi connectivity index (χ4n) is 2.65. The Morgan fingerprint density at radius 2 is 2.28 bits per heavy atom. The molecule has 3 rings (SSSR count). The summed E-state index contributed by atoms with van der Waals surface area (Å²) in [6, 6.07) is 4.22. The van der Waals surface area contributed by atoms with Gasteiger partial charge in [0.25, 0.3) is 0 Å². The van der Waals surface area contributed by atoms with Crippen LogP contribution in [0.25, 0.3) is 5.65 Å². The Morgan fingerprint density at radius 1 is 1.44 bits per heavy atom. The van der Waals surface area contributed by atoms with Crippen LogP contribution in [0.3, 0.4) is 0 Å². The van der Waals surface area contributed by atoms with Gasteiger partial charge in [0.05, 0.1) is 0 Å². The minimum Gasteiger partial charge on any atom is -0.356 e. The van der Waals surface area contributed by atoms with Crippen molar-refractivity contribution in [3.05, 3.63) is 24.0 Å². The van der Waals surface area contributed by atoms with Crippen LogP contribution in [0.5, 0.6) is 0 Å². The van der Waals surface area contributed by atoms with E-state index in [1.54, 1.807) is 6.33 Å². The molecule has 1 atom stereocenters. The number of hydrogen-bond donors (Lipinski definition) is 1. The zero-order chi connectivity index (χ0) is 12.8. The fourth-order valence-corrected chi connectivity index (χ4v) is 2.65. The van der Waals surface area contributed by atoms with Gasteiger partial charge in [-0.1, -0.05) is 6.92 Å². The van der Waals surface area contributed by atoms with Crippen molar-refractivity contribution in [1.82, 2.24) is 14.6 Å². The minimum absolute atomic E-state index is 0.219. The van der Waals surface area contributed by atoms with Gasteiger partial charge in [0, 0.05) is 13.1 Å². The number of nitrogens with two attached hydrogens (primary N) is 1. The van der Waals surface area contributed by atoms with Gasteiger partial charge in [0.1, 0.15) is 12.1 Å². The summed E-state index contributed by atoms with van der Waals surface area (Å²) in [7, 11) is 0. The average Bonchev–Trinajstić information content (AvgIpc) is 2.95. The van der Waals surface area contributed by atoms with Gasteiger partial charge < -0.3 is 10.6 Å². The van der Waals surface area contributed by atoms with Crippen molar-refractivity contribution in [2.45, 2.75) is 20.3 Å². The molecule has 2 aromatic heterocycles. The summed E-state index contributed by atoms with van der Waals surface area (Å²) in [4.78, 5) is 6.63. The van der Waals surface area contributed by atoms with E-state index >= 15 is 0 Å². The first kappa shape index (κ1) is 11.5. The van der Waals surface area contributed by atoms with E-state index in [0.29, 0.717) is 0 Å². The molecule has 0 amide bonds. The fraction of sp³-hybridized carbons (Fsp3) is 0.538. The molecule has 18 heavy (non-hydrogen) atoms. The number of nitrogens with zero attached hydrogens (tertiary/aromatic N) is 4. The molecule has 0 saturated carbocycles. The normalized spacial score (nSPS) is 24.1. The van der Waals surface area contributed by atoms with E-state index in [-0.39, 0.29) is 5.41 Å². The van der Waals surface area contributed by atoms with Gasteiger partial charge in [0.15, 0.2) is 5.65 Å². The lowest BCUT2D eigenvalue weighted by Gasteiger charge is -2.24. The van der Waals surface area contributed by atoms with Crippen LogP contribution in [0.2, 0.25) is 0 Å². The van der Waals surface area contributed by atoms with Crippen molar-refractivity contribution >= 4 is 11.5 Å². The van der Waals surface area contributed by atoms with E-state index in [9.17, 15) is 0 Å². The second-order valence-corrected chi connectivity index (χ2v) is 5.61. The number of anilines is 1. The van der Waals surface area contributed by atoms with Crippen LogP contribution in [0.4, 0.5) is 5.82 Å². The quantitative estimate of drug-likeness (QED) is 0.864. The molecule has 1 unspecified atom stereocenters. The lowest BCUT2D eigenvalue weighted by Crippen LogP contribution is -2.32. The highest BCUT2D eigenvalue weighted by molar-refractivity contribution is 5.53. The molecule has 5 nitrogen and oxygen atoms in total. The summed E-state index contributed by atoms with van der Waals surface area (Å²) in [5.74, 6) is 1.12. The predicted molar refractivity (Wildman–Crippen MR) is 71.7 cm³/mol. The van der Waals surface area contributed by atoms with E-state index in [1.165, 1.54) is 5.56 Å². The van der Waals surface area contributed by atoms with E-state index in [2.05, 4.69) is 41.0 Å². The average molecular weight is 245 g/mol. The van der Waals surface area contributed by atoms with E-state index in [4.69, 9.17) is 5.73 Å². The monoisotopic (exact) mass is 245 g/mol. The summed E-state index contributed by atoms with van der Waals surface area (Å²) in [5.41, 5.74) is 8.21. The molecule has 0 radical (unpaired) electrons. The summed E-state index contributed by atoms with van der Waals surface area (Å²) in [6.45, 7) is 7.10. The molecule has 3 heterocycles. The number of aryl methyl sites for hydroxylation is 1. The molecule has 0 bridgehead atoms. The Bertz CT molecular complexity index is 576. The first-order valence-corrected chi connectivity index (χ1v) is 6.37. The third-order valence-electron chi connectivity index (χ3n) is 3.88. The number of pyridine rings is 1. The molecule has 0 aliphatic carbocycles. The van der Waals surface area contributed by atoms with E-state index in [0.717, 1.165) is 37.5 Å². The Balaban J connectivity index is 2.02. The van der Waals surface area contributed by atoms with E-state index in [1.807, 2.05) is 4.52 Å². The molecular weight excluding hydrogens is 226 g/mol. The second-order valence-electron chi connectivity index (χ2n) is 5.61. The van der Waals surface area contributed by atoms with Gasteiger partial charge in [0.2, 0.25) is 0 Å². The highest BCUT2D eigenvalue weighted by Crippen LogP contribution is 2.32. The van der Waals surface area contributed by atoms with Crippen LogP contribution >= 0.6 is 0 Å². The predicted octanol–water partition coefficient (Wildman–Crippen LogP) is 1.21. The van der Waals surface area contributed by atoms with Gasteiger partial charge in [-0.3, -0.25) is 0 Å². The number of aromatic nitrogens is 3. The lowest BCUT2D eigenvalue weighted by molar-refractivity contribution is 0.383. The van der Waals surface area contributed by atoms with E-state index < -0.39 is 0 Å². The number of rotatable bonds is 2. The van der Waals surface area contributed by atoms with Gasteiger partial charge >= 0.3 is 0 Å².